The molecule has 1 aromatic heterocycles. The van der Waals surface area contributed by atoms with Crippen LogP contribution in [0.5, 0.6) is 0 Å². The van der Waals surface area contributed by atoms with E-state index < -0.39 is 41.3 Å². The Morgan fingerprint density at radius 3 is 2.55 bits per heavy atom. The summed E-state index contributed by atoms with van der Waals surface area (Å²) < 4.78 is 51.1. The Bertz CT molecular complexity index is 1160. The number of likely N-dealkylation sites (tertiary alicyclic amines) is 1. The molecule has 1 aliphatic heterocycles. The number of H-pyrrole nitrogens is 1. The number of ether oxygens (including phenoxy) is 1. The SMILES string of the molecule is COC1=c2c(=O)[nH]c(=O)n(C3CC3)c2=C(C)C(N2CC3CCC(F)(F)C(N)C3C2)C1F. The van der Waals surface area contributed by atoms with Crippen molar-refractivity contribution in [2.75, 3.05) is 20.2 Å². The summed E-state index contributed by atoms with van der Waals surface area (Å²) in [5.41, 5.74) is 5.26. The van der Waals surface area contributed by atoms with E-state index in [0.717, 1.165) is 12.8 Å². The number of hydrogen-bond donors (Lipinski definition) is 2. The van der Waals surface area contributed by atoms with Crippen molar-refractivity contribution in [2.45, 2.75) is 62.8 Å². The maximum atomic E-state index is 15.8. The number of hydrogen-bond acceptors (Lipinski definition) is 5. The first-order chi connectivity index (χ1) is 14.7. The molecular formula is C21H27F3N4O3. The Morgan fingerprint density at radius 2 is 1.90 bits per heavy atom. The van der Waals surface area contributed by atoms with Crippen molar-refractivity contribution >= 4 is 11.3 Å². The summed E-state index contributed by atoms with van der Waals surface area (Å²) in [6, 6.07) is -2.11. The number of aromatic nitrogens is 2. The molecule has 170 valence electrons. The number of fused-ring (bicyclic) bond motifs is 2. The fourth-order valence-electron chi connectivity index (χ4n) is 5.89. The van der Waals surface area contributed by atoms with Crippen LogP contribution in [0.25, 0.3) is 11.3 Å². The number of halogens is 3. The van der Waals surface area contributed by atoms with Crippen LogP contribution in [0.1, 0.15) is 38.6 Å². The molecule has 10 heteroatoms. The average molecular weight is 440 g/mol. The monoisotopic (exact) mass is 440 g/mol. The van der Waals surface area contributed by atoms with E-state index in [9.17, 15) is 18.4 Å². The number of aromatic amines is 1. The van der Waals surface area contributed by atoms with Crippen LogP contribution in [0.3, 0.4) is 0 Å². The third kappa shape index (κ3) is 3.01. The highest BCUT2D eigenvalue weighted by Crippen LogP contribution is 2.44. The van der Waals surface area contributed by atoms with Gasteiger partial charge in [0.2, 0.25) is 0 Å². The molecule has 0 aromatic carbocycles. The number of nitrogens with two attached hydrogens (primary N) is 1. The maximum absolute atomic E-state index is 15.8. The zero-order valence-electron chi connectivity index (χ0n) is 17.5. The van der Waals surface area contributed by atoms with Crippen LogP contribution in [0.15, 0.2) is 9.59 Å². The van der Waals surface area contributed by atoms with Gasteiger partial charge in [0.05, 0.1) is 24.5 Å². The van der Waals surface area contributed by atoms with Gasteiger partial charge in [-0.3, -0.25) is 19.2 Å². The molecule has 31 heavy (non-hydrogen) atoms. The maximum Gasteiger partial charge on any atom is 0.329 e. The zero-order chi connectivity index (χ0) is 22.2. The van der Waals surface area contributed by atoms with E-state index in [4.69, 9.17) is 10.5 Å². The fraction of sp³-hybridized carbons (Fsp3) is 0.714. The fourth-order valence-corrected chi connectivity index (χ4v) is 5.89. The number of methoxy groups -OCH3 is 1. The highest BCUT2D eigenvalue weighted by atomic mass is 19.3. The van der Waals surface area contributed by atoms with Crippen molar-refractivity contribution in [1.82, 2.24) is 14.5 Å². The van der Waals surface area contributed by atoms with E-state index in [1.807, 2.05) is 4.90 Å². The number of nitrogens with one attached hydrogen (secondary N) is 1. The smallest absolute Gasteiger partial charge is 0.329 e. The van der Waals surface area contributed by atoms with Gasteiger partial charge in [0.25, 0.3) is 11.5 Å². The summed E-state index contributed by atoms with van der Waals surface area (Å²) >= 11 is 0. The predicted molar refractivity (Wildman–Crippen MR) is 108 cm³/mol. The molecule has 7 nitrogen and oxygen atoms in total. The van der Waals surface area contributed by atoms with Gasteiger partial charge in [0.1, 0.15) is 11.0 Å². The van der Waals surface area contributed by atoms with Crippen molar-refractivity contribution in [3.63, 3.8) is 0 Å². The third-order valence-corrected chi connectivity index (χ3v) is 7.58. The minimum Gasteiger partial charge on any atom is -0.497 e. The summed E-state index contributed by atoms with van der Waals surface area (Å²) in [6.07, 6.45) is 0.0323. The van der Waals surface area contributed by atoms with Crippen LogP contribution >= 0.6 is 0 Å². The average Bonchev–Trinajstić information content (AvgIpc) is 3.45. The normalized spacial score (nSPS) is 35.1. The van der Waals surface area contributed by atoms with Crippen LogP contribution in [-0.2, 0) is 4.74 Å². The first kappa shape index (κ1) is 20.8. The van der Waals surface area contributed by atoms with Crippen LogP contribution < -0.4 is 27.6 Å². The van der Waals surface area contributed by atoms with Crippen LogP contribution in [0.2, 0.25) is 0 Å². The van der Waals surface area contributed by atoms with Crippen molar-refractivity contribution in [3.8, 4) is 0 Å². The van der Waals surface area contributed by atoms with Gasteiger partial charge in [0, 0.05) is 25.6 Å². The van der Waals surface area contributed by atoms with E-state index >= 15 is 4.39 Å². The molecule has 0 spiro atoms. The van der Waals surface area contributed by atoms with Crippen molar-refractivity contribution in [1.29, 1.82) is 0 Å². The molecule has 3 fully saturated rings. The molecule has 0 bridgehead atoms. The van der Waals surface area contributed by atoms with Crippen molar-refractivity contribution < 1.29 is 17.9 Å². The number of nitrogens with zero attached hydrogens (tertiary/aromatic N) is 2. The summed E-state index contributed by atoms with van der Waals surface area (Å²) in [5.74, 6) is -3.51. The number of alkyl halides is 3. The van der Waals surface area contributed by atoms with Gasteiger partial charge in [-0.15, -0.1) is 0 Å². The van der Waals surface area contributed by atoms with Gasteiger partial charge in [-0.2, -0.15) is 0 Å². The van der Waals surface area contributed by atoms with Gasteiger partial charge < -0.3 is 10.5 Å². The Morgan fingerprint density at radius 1 is 1.19 bits per heavy atom. The Kier molecular flexibility index (Phi) is 4.68. The molecule has 0 radical (unpaired) electrons. The first-order valence-corrected chi connectivity index (χ1v) is 10.8. The van der Waals surface area contributed by atoms with E-state index in [1.165, 1.54) is 11.7 Å². The second-order valence-corrected chi connectivity index (χ2v) is 9.39. The molecule has 5 unspecified atom stereocenters. The lowest BCUT2D eigenvalue weighted by Gasteiger charge is -2.37. The topological polar surface area (TPSA) is 93.3 Å². The lowest BCUT2D eigenvalue weighted by atomic mass is 9.76. The van der Waals surface area contributed by atoms with Crippen LogP contribution in [-0.4, -0.2) is 58.8 Å². The standard InChI is InChI=1S/C21H27F3N4O3/c1-9-15-13(19(29)26-20(30)28(15)11-3-4-11)17(31-2)14(22)16(9)27-7-10-5-6-21(23,24)18(25)12(10)8-27/h10-12,14,16,18H,3-8,25H2,1-2H3,(H,26,29,30). The van der Waals surface area contributed by atoms with E-state index in [-0.39, 0.29) is 35.9 Å². The van der Waals surface area contributed by atoms with Crippen molar-refractivity contribution in [2.24, 2.45) is 17.6 Å². The molecule has 0 amide bonds. The molecule has 4 aliphatic rings. The van der Waals surface area contributed by atoms with E-state index in [0.29, 0.717) is 23.9 Å². The summed E-state index contributed by atoms with van der Waals surface area (Å²) in [5, 5.41) is 0.451. The molecule has 2 saturated carbocycles. The molecule has 1 saturated heterocycles. The Labute approximate surface area is 176 Å². The summed E-state index contributed by atoms with van der Waals surface area (Å²) in [4.78, 5) is 29.4. The van der Waals surface area contributed by atoms with Crippen LogP contribution in [0.4, 0.5) is 13.2 Å². The van der Waals surface area contributed by atoms with Gasteiger partial charge in [-0.05, 0) is 43.6 Å². The van der Waals surface area contributed by atoms with Gasteiger partial charge in [0.15, 0.2) is 6.17 Å². The summed E-state index contributed by atoms with van der Waals surface area (Å²) in [6.45, 7) is 2.41. The minimum atomic E-state index is -2.92. The quantitative estimate of drug-likeness (QED) is 0.681. The van der Waals surface area contributed by atoms with Gasteiger partial charge in [-0.1, -0.05) is 0 Å². The first-order valence-electron chi connectivity index (χ1n) is 10.8. The second-order valence-electron chi connectivity index (χ2n) is 9.39. The third-order valence-electron chi connectivity index (χ3n) is 7.58. The molecule has 1 aromatic rings. The highest BCUT2D eigenvalue weighted by molar-refractivity contribution is 5.61. The van der Waals surface area contributed by atoms with E-state index in [1.54, 1.807) is 6.92 Å². The predicted octanol–water partition coefficient (Wildman–Crippen LogP) is -0.179. The van der Waals surface area contributed by atoms with E-state index in [2.05, 4.69) is 4.98 Å². The minimum absolute atomic E-state index is 0.0354. The summed E-state index contributed by atoms with van der Waals surface area (Å²) in [7, 11) is 1.30. The number of rotatable bonds is 3. The molecule has 2 heterocycles. The van der Waals surface area contributed by atoms with Gasteiger partial charge in [-0.25, -0.2) is 18.0 Å². The Hall–Kier alpha value is -2.07. The lowest BCUT2D eigenvalue weighted by molar-refractivity contribution is -0.0796. The molecule has 5 atom stereocenters. The second kappa shape index (κ2) is 6.96. The molecule has 3 N–H and O–H groups in total. The van der Waals surface area contributed by atoms with Gasteiger partial charge >= 0.3 is 5.69 Å². The molecular weight excluding hydrogens is 413 g/mol. The molecule has 3 aliphatic carbocycles. The molecule has 5 rings (SSSR count). The van der Waals surface area contributed by atoms with Crippen LogP contribution in [0, 0.1) is 11.8 Å². The largest absolute Gasteiger partial charge is 0.497 e. The zero-order valence-corrected chi connectivity index (χ0v) is 17.5. The van der Waals surface area contributed by atoms with Crippen molar-refractivity contribution in [3.05, 3.63) is 31.4 Å². The highest BCUT2D eigenvalue weighted by Gasteiger charge is 2.54. The Balaban J connectivity index is 1.65. The lowest BCUT2D eigenvalue weighted by Crippen LogP contribution is -2.61.